The first-order valence-corrected chi connectivity index (χ1v) is 4.66. The van der Waals surface area contributed by atoms with E-state index in [2.05, 4.69) is 0 Å². The van der Waals surface area contributed by atoms with Crippen LogP contribution in [0.5, 0.6) is 0 Å². The zero-order valence-corrected chi connectivity index (χ0v) is 7.29. The predicted octanol–water partition coefficient (Wildman–Crippen LogP) is 0.992. The third kappa shape index (κ3) is 5.68. The highest BCUT2D eigenvalue weighted by Crippen LogP contribution is 2.22. The van der Waals surface area contributed by atoms with Gasteiger partial charge >= 0.3 is 6.18 Å². The van der Waals surface area contributed by atoms with Gasteiger partial charge in [-0.25, -0.2) is 0 Å². The Morgan fingerprint density at radius 3 is 2.42 bits per heavy atom. The van der Waals surface area contributed by atoms with Crippen LogP contribution >= 0.6 is 11.8 Å². The van der Waals surface area contributed by atoms with Gasteiger partial charge in [0.1, 0.15) is 0 Å². The third-order valence-electron chi connectivity index (χ3n) is 1.15. The molecule has 0 saturated carbocycles. The average Bonchev–Trinajstić information content (AvgIpc) is 1.96. The van der Waals surface area contributed by atoms with Crippen molar-refractivity contribution in [2.75, 3.05) is 18.1 Å². The second-order valence-electron chi connectivity index (χ2n) is 2.27. The van der Waals surface area contributed by atoms with Crippen molar-refractivity contribution in [1.82, 2.24) is 0 Å². The lowest BCUT2D eigenvalue weighted by atomic mass is 10.4. The van der Waals surface area contributed by atoms with Gasteiger partial charge in [0.25, 0.3) is 0 Å². The van der Waals surface area contributed by atoms with Gasteiger partial charge in [-0.2, -0.15) is 24.9 Å². The van der Waals surface area contributed by atoms with Gasteiger partial charge in [-0.15, -0.1) is 0 Å². The highest BCUT2D eigenvalue weighted by molar-refractivity contribution is 7.99. The second kappa shape index (κ2) is 5.66. The highest BCUT2D eigenvalue weighted by Gasteiger charge is 2.37. The maximum absolute atomic E-state index is 11.7. The number of rotatable bonds is 5. The topological polar surface area (TPSA) is 46.2 Å². The Balaban J connectivity index is 3.38. The number of halogens is 3. The molecule has 0 saturated heterocycles. The Hall–Kier alpha value is 0.0600. The number of hydrogen-bond acceptors (Lipinski definition) is 3. The number of alkyl halides is 3. The summed E-state index contributed by atoms with van der Waals surface area (Å²) in [4.78, 5) is 0. The molecule has 0 bridgehead atoms. The Kier molecular flexibility index (Phi) is 5.69. The molecule has 0 radical (unpaired) electrons. The minimum Gasteiger partial charge on any atom is -0.383 e. The molecule has 0 aliphatic rings. The van der Waals surface area contributed by atoms with Crippen LogP contribution in [0.25, 0.3) is 0 Å². The van der Waals surface area contributed by atoms with Crippen molar-refractivity contribution in [2.45, 2.75) is 18.7 Å². The molecule has 1 unspecified atom stereocenters. The number of aliphatic hydroxyl groups excluding tert-OH is 1. The van der Waals surface area contributed by atoms with Gasteiger partial charge in [-0.05, 0) is 18.7 Å². The van der Waals surface area contributed by atoms with Crippen molar-refractivity contribution >= 4 is 11.8 Å². The van der Waals surface area contributed by atoms with Crippen molar-refractivity contribution in [3.63, 3.8) is 0 Å². The molecule has 0 rings (SSSR count). The zero-order chi connectivity index (χ0) is 9.61. The van der Waals surface area contributed by atoms with E-state index in [-0.39, 0.29) is 5.75 Å². The molecule has 0 spiro atoms. The van der Waals surface area contributed by atoms with E-state index in [4.69, 9.17) is 10.8 Å². The van der Waals surface area contributed by atoms with E-state index < -0.39 is 12.3 Å². The lowest BCUT2D eigenvalue weighted by molar-refractivity contribution is -0.195. The molecule has 12 heavy (non-hydrogen) atoms. The number of aliphatic hydroxyl groups is 1. The summed E-state index contributed by atoms with van der Waals surface area (Å²) in [6, 6.07) is 0. The van der Waals surface area contributed by atoms with Crippen LogP contribution in [0.4, 0.5) is 13.2 Å². The van der Waals surface area contributed by atoms with Crippen molar-refractivity contribution in [3.05, 3.63) is 0 Å². The number of thioether (sulfide) groups is 1. The minimum atomic E-state index is -4.49. The molecule has 0 aromatic rings. The van der Waals surface area contributed by atoms with Gasteiger partial charge in [0.15, 0.2) is 6.10 Å². The summed E-state index contributed by atoms with van der Waals surface area (Å²) in [5.74, 6) is 0.257. The molecule has 0 aromatic heterocycles. The smallest absolute Gasteiger partial charge is 0.383 e. The third-order valence-corrected chi connectivity index (χ3v) is 2.28. The normalized spacial score (nSPS) is 14.8. The second-order valence-corrected chi connectivity index (χ2v) is 3.42. The zero-order valence-electron chi connectivity index (χ0n) is 6.47. The fraction of sp³-hybridized carbons (Fsp3) is 1.00. The Labute approximate surface area is 73.3 Å². The highest BCUT2D eigenvalue weighted by atomic mass is 32.2. The maximum atomic E-state index is 11.7. The molecule has 0 aliphatic heterocycles. The van der Waals surface area contributed by atoms with Gasteiger partial charge in [0, 0.05) is 5.75 Å². The van der Waals surface area contributed by atoms with Crippen LogP contribution in [0, 0.1) is 0 Å². The van der Waals surface area contributed by atoms with Crippen molar-refractivity contribution in [1.29, 1.82) is 0 Å². The van der Waals surface area contributed by atoms with E-state index >= 15 is 0 Å². The molecule has 1 atom stereocenters. The van der Waals surface area contributed by atoms with E-state index in [1.165, 1.54) is 0 Å². The van der Waals surface area contributed by atoms with Crippen molar-refractivity contribution < 1.29 is 18.3 Å². The Morgan fingerprint density at radius 1 is 1.42 bits per heavy atom. The summed E-state index contributed by atoms with van der Waals surface area (Å²) in [5.41, 5.74) is 5.13. The summed E-state index contributed by atoms with van der Waals surface area (Å²) in [5, 5.41) is 8.51. The van der Waals surface area contributed by atoms with Crippen LogP contribution in [0.3, 0.4) is 0 Å². The minimum absolute atomic E-state index is 0.302. The van der Waals surface area contributed by atoms with Crippen LogP contribution in [0.2, 0.25) is 0 Å². The molecule has 74 valence electrons. The van der Waals surface area contributed by atoms with E-state index in [1.807, 2.05) is 0 Å². The molecule has 0 aromatic carbocycles. The summed E-state index contributed by atoms with van der Waals surface area (Å²) in [7, 11) is 0. The molecular formula is C6H12F3NOS. The fourth-order valence-electron chi connectivity index (χ4n) is 0.475. The lowest BCUT2D eigenvalue weighted by Gasteiger charge is -2.13. The lowest BCUT2D eigenvalue weighted by Crippen LogP contribution is -2.30. The van der Waals surface area contributed by atoms with Crippen LogP contribution < -0.4 is 5.73 Å². The van der Waals surface area contributed by atoms with Gasteiger partial charge < -0.3 is 10.8 Å². The number of hydrogen-bond donors (Lipinski definition) is 2. The monoisotopic (exact) mass is 203 g/mol. The Bertz CT molecular complexity index is 120. The van der Waals surface area contributed by atoms with Gasteiger partial charge in [0.05, 0.1) is 0 Å². The molecule has 0 amide bonds. The molecule has 6 heteroatoms. The van der Waals surface area contributed by atoms with Crippen LogP contribution in [0.15, 0.2) is 0 Å². The molecule has 0 fully saturated rings. The van der Waals surface area contributed by atoms with Crippen molar-refractivity contribution in [2.24, 2.45) is 5.73 Å². The summed E-state index contributed by atoms with van der Waals surface area (Å²) >= 11 is 1.06. The first-order chi connectivity index (χ1) is 5.48. The van der Waals surface area contributed by atoms with E-state index in [0.29, 0.717) is 18.7 Å². The Morgan fingerprint density at radius 2 is 2.00 bits per heavy atom. The van der Waals surface area contributed by atoms with Crippen LogP contribution in [0.1, 0.15) is 6.42 Å². The number of nitrogens with two attached hydrogens (primary N) is 1. The summed E-state index contributed by atoms with van der Waals surface area (Å²) in [6.45, 7) is 0.467. The SMILES string of the molecule is NCCCSCC(O)C(F)(F)F. The maximum Gasteiger partial charge on any atom is 0.415 e. The molecule has 0 aliphatic carbocycles. The average molecular weight is 203 g/mol. The molecule has 2 nitrogen and oxygen atoms in total. The first kappa shape index (κ1) is 12.1. The molecule has 0 heterocycles. The van der Waals surface area contributed by atoms with Crippen LogP contribution in [-0.4, -0.2) is 35.4 Å². The predicted molar refractivity (Wildman–Crippen MR) is 43.1 cm³/mol. The van der Waals surface area contributed by atoms with E-state index in [9.17, 15) is 13.2 Å². The standard InChI is InChI=1S/C6H12F3NOS/c7-6(8,9)5(11)4-12-3-1-2-10/h5,11H,1-4,10H2. The van der Waals surface area contributed by atoms with Crippen LogP contribution in [-0.2, 0) is 0 Å². The van der Waals surface area contributed by atoms with Crippen molar-refractivity contribution in [3.8, 4) is 0 Å². The van der Waals surface area contributed by atoms with E-state index in [0.717, 1.165) is 11.8 Å². The fourth-order valence-corrected chi connectivity index (χ4v) is 1.42. The first-order valence-electron chi connectivity index (χ1n) is 3.51. The summed E-state index contributed by atoms with van der Waals surface area (Å²) in [6.07, 6.45) is -6.02. The quantitative estimate of drug-likeness (QED) is 0.655. The van der Waals surface area contributed by atoms with Gasteiger partial charge in [-0.1, -0.05) is 0 Å². The largest absolute Gasteiger partial charge is 0.415 e. The van der Waals surface area contributed by atoms with Gasteiger partial charge in [0.2, 0.25) is 0 Å². The van der Waals surface area contributed by atoms with E-state index in [1.54, 1.807) is 0 Å². The molecule has 3 N–H and O–H groups in total. The summed E-state index contributed by atoms with van der Waals surface area (Å²) < 4.78 is 35.0. The molecular weight excluding hydrogens is 191 g/mol. The van der Waals surface area contributed by atoms with Gasteiger partial charge in [-0.3, -0.25) is 0 Å².